The Hall–Kier alpha value is -0.950. The summed E-state index contributed by atoms with van der Waals surface area (Å²) in [5.74, 6) is 1.18. The van der Waals surface area contributed by atoms with E-state index in [9.17, 15) is 10.1 Å². The van der Waals surface area contributed by atoms with Gasteiger partial charge in [-0.3, -0.25) is 4.57 Å². The van der Waals surface area contributed by atoms with Gasteiger partial charge in [-0.1, -0.05) is 35.5 Å². The first-order chi connectivity index (χ1) is 10.9. The molecule has 0 fully saturated rings. The van der Waals surface area contributed by atoms with Crippen LogP contribution in [0.5, 0.6) is 0 Å². The van der Waals surface area contributed by atoms with E-state index in [0.717, 1.165) is 5.56 Å². The van der Waals surface area contributed by atoms with Crippen molar-refractivity contribution in [2.45, 2.75) is 23.9 Å². The topological polar surface area (TPSA) is 61.0 Å². The zero-order valence-corrected chi connectivity index (χ0v) is 15.3. The third-order valence-corrected chi connectivity index (χ3v) is 5.61. The van der Waals surface area contributed by atoms with Gasteiger partial charge in [0.05, 0.1) is 11.9 Å². The minimum absolute atomic E-state index is 0.153. The Labute approximate surface area is 153 Å². The molecule has 2 rings (SSSR count). The molecule has 0 spiro atoms. The third-order valence-electron chi connectivity index (χ3n) is 3.09. The molecule has 1 heterocycles. The van der Waals surface area contributed by atoms with E-state index < -0.39 is 4.92 Å². The number of benzene rings is 1. The monoisotopic (exact) mass is 393 g/mol. The fourth-order valence-corrected chi connectivity index (χ4v) is 3.57. The highest BCUT2D eigenvalue weighted by Gasteiger charge is 2.26. The lowest BCUT2D eigenvalue weighted by molar-refractivity contribution is -0.392. The van der Waals surface area contributed by atoms with Gasteiger partial charge >= 0.3 is 5.82 Å². The van der Waals surface area contributed by atoms with Crippen LogP contribution in [-0.2, 0) is 6.54 Å². The minimum Gasteiger partial charge on any atom is -0.358 e. The standard InChI is InChI=1S/C14H14Cl3N3O2S/c1-9-18-13(20(21)22)14(23-8-12(17)6-15)19(9)7-10-2-4-11(16)5-3-10/h2-5,12H,6-8H2,1H3. The molecule has 1 aromatic carbocycles. The number of nitrogens with zero attached hydrogens (tertiary/aromatic N) is 3. The van der Waals surface area contributed by atoms with E-state index in [1.807, 2.05) is 16.7 Å². The highest BCUT2D eigenvalue weighted by atomic mass is 35.5. The summed E-state index contributed by atoms with van der Waals surface area (Å²) < 4.78 is 1.81. The quantitative estimate of drug-likeness (QED) is 0.294. The van der Waals surface area contributed by atoms with Crippen LogP contribution >= 0.6 is 46.6 Å². The number of nitro groups is 1. The van der Waals surface area contributed by atoms with Gasteiger partial charge in [-0.25, -0.2) is 0 Å². The Balaban J connectivity index is 2.32. The smallest absolute Gasteiger partial charge is 0.358 e. The summed E-state index contributed by atoms with van der Waals surface area (Å²) >= 11 is 18.9. The normalized spacial score (nSPS) is 12.3. The molecule has 9 heteroatoms. The summed E-state index contributed by atoms with van der Waals surface area (Å²) in [5, 5.41) is 12.1. The molecule has 5 nitrogen and oxygen atoms in total. The van der Waals surface area contributed by atoms with Gasteiger partial charge in [0.15, 0.2) is 5.03 Å². The maximum Gasteiger partial charge on any atom is 0.396 e. The average molecular weight is 395 g/mol. The maximum atomic E-state index is 11.2. The molecule has 0 amide bonds. The number of aromatic nitrogens is 2. The van der Waals surface area contributed by atoms with Crippen molar-refractivity contribution < 1.29 is 4.92 Å². The number of thioether (sulfide) groups is 1. The number of aryl methyl sites for hydroxylation is 1. The van der Waals surface area contributed by atoms with Crippen molar-refractivity contribution in [1.29, 1.82) is 0 Å². The molecule has 2 aromatic rings. The van der Waals surface area contributed by atoms with Gasteiger partial charge in [-0.05, 0) is 27.6 Å². The predicted molar refractivity (Wildman–Crippen MR) is 95.3 cm³/mol. The van der Waals surface area contributed by atoms with Crippen LogP contribution in [0.2, 0.25) is 5.02 Å². The second-order valence-corrected chi connectivity index (χ2v) is 7.19. The van der Waals surface area contributed by atoms with E-state index in [1.165, 1.54) is 11.8 Å². The van der Waals surface area contributed by atoms with Gasteiger partial charge < -0.3 is 10.1 Å². The predicted octanol–water partition coefficient (Wildman–Crippen LogP) is 4.74. The molecule has 0 aliphatic heterocycles. The molecule has 0 saturated heterocycles. The van der Waals surface area contributed by atoms with Crippen LogP contribution in [0.15, 0.2) is 29.3 Å². The number of alkyl halides is 2. The second-order valence-electron chi connectivity index (χ2n) is 4.82. The Bertz CT molecular complexity index is 691. The molecule has 0 aliphatic rings. The summed E-state index contributed by atoms with van der Waals surface area (Å²) in [4.78, 5) is 14.8. The van der Waals surface area contributed by atoms with E-state index in [-0.39, 0.29) is 17.1 Å². The van der Waals surface area contributed by atoms with E-state index in [2.05, 4.69) is 4.98 Å². The van der Waals surface area contributed by atoms with E-state index in [0.29, 0.717) is 28.2 Å². The molecule has 1 aromatic heterocycles. The van der Waals surface area contributed by atoms with Crippen LogP contribution < -0.4 is 0 Å². The van der Waals surface area contributed by atoms with Gasteiger partial charge in [-0.2, -0.15) is 0 Å². The zero-order valence-electron chi connectivity index (χ0n) is 12.2. The van der Waals surface area contributed by atoms with Crippen LogP contribution in [0.3, 0.4) is 0 Å². The molecular weight excluding hydrogens is 381 g/mol. The average Bonchev–Trinajstić information content (AvgIpc) is 2.83. The number of halogens is 3. The van der Waals surface area contributed by atoms with Gasteiger partial charge in [0, 0.05) is 23.6 Å². The number of hydrogen-bond donors (Lipinski definition) is 0. The SMILES string of the molecule is Cc1nc([N+](=O)[O-])c(SCC(Cl)CCl)n1Cc1ccc(Cl)cc1. The Morgan fingerprint density at radius 3 is 2.61 bits per heavy atom. The summed E-state index contributed by atoms with van der Waals surface area (Å²) in [6.07, 6.45) is 0. The maximum absolute atomic E-state index is 11.2. The summed E-state index contributed by atoms with van der Waals surface area (Å²) in [5.41, 5.74) is 0.978. The van der Waals surface area contributed by atoms with Crippen LogP contribution in [0.25, 0.3) is 0 Å². The van der Waals surface area contributed by atoms with Crippen molar-refractivity contribution in [3.8, 4) is 0 Å². The highest BCUT2D eigenvalue weighted by molar-refractivity contribution is 7.99. The second kappa shape index (κ2) is 8.24. The van der Waals surface area contributed by atoms with Crippen molar-refractivity contribution in [1.82, 2.24) is 9.55 Å². The molecule has 0 radical (unpaired) electrons. The first-order valence-electron chi connectivity index (χ1n) is 6.71. The van der Waals surface area contributed by atoms with Crippen molar-refractivity contribution in [2.75, 3.05) is 11.6 Å². The summed E-state index contributed by atoms with van der Waals surface area (Å²) in [7, 11) is 0. The Kier molecular flexibility index (Phi) is 6.59. The third kappa shape index (κ3) is 4.76. The summed E-state index contributed by atoms with van der Waals surface area (Å²) in [6.45, 7) is 2.21. The van der Waals surface area contributed by atoms with E-state index in [1.54, 1.807) is 19.1 Å². The van der Waals surface area contributed by atoms with Gasteiger partial charge in [0.2, 0.25) is 5.82 Å². The van der Waals surface area contributed by atoms with E-state index in [4.69, 9.17) is 34.8 Å². The molecule has 0 aliphatic carbocycles. The van der Waals surface area contributed by atoms with Crippen molar-refractivity contribution >= 4 is 52.4 Å². The van der Waals surface area contributed by atoms with Crippen molar-refractivity contribution in [2.24, 2.45) is 0 Å². The minimum atomic E-state index is -0.475. The van der Waals surface area contributed by atoms with Gasteiger partial charge in [-0.15, -0.1) is 23.2 Å². The van der Waals surface area contributed by atoms with Gasteiger partial charge in [0.1, 0.15) is 0 Å². The molecule has 0 bridgehead atoms. The molecule has 1 unspecified atom stereocenters. The van der Waals surface area contributed by atoms with Crippen LogP contribution in [0.4, 0.5) is 5.82 Å². The van der Waals surface area contributed by atoms with Crippen molar-refractivity contribution in [3.05, 3.63) is 50.8 Å². The largest absolute Gasteiger partial charge is 0.396 e. The fourth-order valence-electron chi connectivity index (χ4n) is 1.96. The highest BCUT2D eigenvalue weighted by Crippen LogP contribution is 2.32. The number of imidazole rings is 1. The molecule has 23 heavy (non-hydrogen) atoms. The van der Waals surface area contributed by atoms with Crippen LogP contribution in [0.1, 0.15) is 11.4 Å². The Morgan fingerprint density at radius 1 is 1.39 bits per heavy atom. The lowest BCUT2D eigenvalue weighted by Gasteiger charge is -2.10. The first kappa shape index (κ1) is 18.4. The lowest BCUT2D eigenvalue weighted by atomic mass is 10.2. The zero-order chi connectivity index (χ0) is 17.0. The van der Waals surface area contributed by atoms with Crippen LogP contribution in [-0.4, -0.2) is 31.5 Å². The molecular formula is C14H14Cl3N3O2S. The van der Waals surface area contributed by atoms with E-state index >= 15 is 0 Å². The molecule has 1 atom stereocenters. The number of rotatable bonds is 7. The van der Waals surface area contributed by atoms with Crippen LogP contribution in [0, 0.1) is 17.0 Å². The Morgan fingerprint density at radius 2 is 2.04 bits per heavy atom. The molecule has 0 N–H and O–H groups in total. The molecule has 124 valence electrons. The van der Waals surface area contributed by atoms with Crippen molar-refractivity contribution in [3.63, 3.8) is 0 Å². The first-order valence-corrected chi connectivity index (χ1v) is 9.04. The number of hydrogen-bond acceptors (Lipinski definition) is 4. The fraction of sp³-hybridized carbons (Fsp3) is 0.357. The lowest BCUT2D eigenvalue weighted by Crippen LogP contribution is -2.08. The molecule has 0 saturated carbocycles. The van der Waals surface area contributed by atoms with Gasteiger partial charge in [0.25, 0.3) is 0 Å². The summed E-state index contributed by atoms with van der Waals surface area (Å²) in [6, 6.07) is 7.33.